The number of carbonyl (C=O) groups is 1. The molecule has 1 aliphatic rings. The summed E-state index contributed by atoms with van der Waals surface area (Å²) in [6, 6.07) is 9.07. The molecule has 1 aromatic carbocycles. The molecule has 1 unspecified atom stereocenters. The van der Waals surface area contributed by atoms with Crippen molar-refractivity contribution in [3.63, 3.8) is 0 Å². The van der Waals surface area contributed by atoms with Crippen LogP contribution in [0, 0.1) is 5.92 Å². The Bertz CT molecular complexity index is 498. The summed E-state index contributed by atoms with van der Waals surface area (Å²) in [5.41, 5.74) is 1.90. The molecule has 20 heavy (non-hydrogen) atoms. The molecule has 1 aliphatic carbocycles. The van der Waals surface area contributed by atoms with Crippen LogP contribution >= 0.6 is 12.2 Å². The summed E-state index contributed by atoms with van der Waals surface area (Å²) < 4.78 is 0. The van der Waals surface area contributed by atoms with Crippen LogP contribution in [0.15, 0.2) is 42.5 Å². The van der Waals surface area contributed by atoms with Crippen LogP contribution in [0.5, 0.6) is 0 Å². The highest BCUT2D eigenvalue weighted by Gasteiger charge is 2.17. The zero-order valence-electron chi connectivity index (χ0n) is 11.5. The highest BCUT2D eigenvalue weighted by atomic mass is 32.1. The maximum Gasteiger partial charge on any atom is 0.257 e. The van der Waals surface area contributed by atoms with Gasteiger partial charge in [-0.1, -0.05) is 36.8 Å². The van der Waals surface area contributed by atoms with Crippen LogP contribution < -0.4 is 10.6 Å². The smallest absolute Gasteiger partial charge is 0.257 e. The number of amides is 1. The molecule has 0 bridgehead atoms. The van der Waals surface area contributed by atoms with E-state index >= 15 is 0 Å². The van der Waals surface area contributed by atoms with E-state index in [0.717, 1.165) is 19.4 Å². The molecule has 1 atom stereocenters. The molecule has 1 saturated carbocycles. The standard InChI is InChI=1S/C16H20N2OS/c1-12-7-5-6-10-14(12)11-17-16(20)18-15(19)13-8-3-2-4-9-13/h2-4,8-9,14H,1,5-7,10-11H2,(H2,17,18,19,20). The van der Waals surface area contributed by atoms with Gasteiger partial charge in [-0.25, -0.2) is 0 Å². The Labute approximate surface area is 125 Å². The number of nitrogens with one attached hydrogen (secondary N) is 2. The molecule has 4 heteroatoms. The van der Waals surface area contributed by atoms with Crippen LogP contribution in [0.4, 0.5) is 0 Å². The first-order chi connectivity index (χ1) is 9.66. The topological polar surface area (TPSA) is 41.1 Å². The monoisotopic (exact) mass is 288 g/mol. The lowest BCUT2D eigenvalue weighted by Gasteiger charge is -2.25. The van der Waals surface area contributed by atoms with Crippen molar-refractivity contribution >= 4 is 23.2 Å². The highest BCUT2D eigenvalue weighted by Crippen LogP contribution is 2.27. The molecule has 1 amide bonds. The lowest BCUT2D eigenvalue weighted by Crippen LogP contribution is -2.41. The molecule has 0 radical (unpaired) electrons. The summed E-state index contributed by atoms with van der Waals surface area (Å²) in [6.45, 7) is 4.87. The van der Waals surface area contributed by atoms with Crippen LogP contribution in [0.3, 0.4) is 0 Å². The first-order valence-electron chi connectivity index (χ1n) is 6.98. The Morgan fingerprint density at radius 3 is 2.75 bits per heavy atom. The fraction of sp³-hybridized carbons (Fsp3) is 0.375. The molecule has 2 N–H and O–H groups in total. The lowest BCUT2D eigenvalue weighted by atomic mass is 9.85. The van der Waals surface area contributed by atoms with Gasteiger partial charge in [-0.05, 0) is 49.5 Å². The molecule has 0 heterocycles. The summed E-state index contributed by atoms with van der Waals surface area (Å²) in [4.78, 5) is 11.9. The summed E-state index contributed by atoms with van der Waals surface area (Å²) in [6.07, 6.45) is 4.75. The SMILES string of the molecule is C=C1CCCCC1CNC(=S)NC(=O)c1ccccc1. The molecule has 1 fully saturated rings. The van der Waals surface area contributed by atoms with E-state index in [-0.39, 0.29) is 5.91 Å². The Kier molecular flexibility index (Phi) is 5.30. The third-order valence-electron chi connectivity index (χ3n) is 3.65. The molecule has 2 rings (SSSR count). The van der Waals surface area contributed by atoms with Crippen LogP contribution in [0.2, 0.25) is 0 Å². The molecule has 0 aromatic heterocycles. The molecular weight excluding hydrogens is 268 g/mol. The van der Waals surface area contributed by atoms with Crippen molar-refractivity contribution in [1.29, 1.82) is 0 Å². The minimum absolute atomic E-state index is 0.175. The Morgan fingerprint density at radius 1 is 1.30 bits per heavy atom. The highest BCUT2D eigenvalue weighted by molar-refractivity contribution is 7.80. The minimum atomic E-state index is -0.175. The zero-order valence-corrected chi connectivity index (χ0v) is 12.3. The second kappa shape index (κ2) is 7.20. The van der Waals surface area contributed by atoms with E-state index < -0.39 is 0 Å². The van der Waals surface area contributed by atoms with E-state index in [1.54, 1.807) is 12.1 Å². The summed E-state index contributed by atoms with van der Waals surface area (Å²) in [7, 11) is 0. The molecular formula is C16H20N2OS. The largest absolute Gasteiger partial charge is 0.362 e. The fourth-order valence-electron chi connectivity index (χ4n) is 2.42. The summed E-state index contributed by atoms with van der Waals surface area (Å²) in [5.74, 6) is 0.292. The molecule has 1 aromatic rings. The number of carbonyl (C=O) groups excluding carboxylic acids is 1. The third kappa shape index (κ3) is 4.17. The van der Waals surface area contributed by atoms with Gasteiger partial charge in [-0.2, -0.15) is 0 Å². The van der Waals surface area contributed by atoms with Crippen molar-refractivity contribution in [1.82, 2.24) is 10.6 Å². The number of hydrogen-bond donors (Lipinski definition) is 2. The van der Waals surface area contributed by atoms with Gasteiger partial charge in [0.05, 0.1) is 0 Å². The normalized spacial score (nSPS) is 18.4. The van der Waals surface area contributed by atoms with Gasteiger partial charge in [0.15, 0.2) is 5.11 Å². The van der Waals surface area contributed by atoms with Gasteiger partial charge in [0, 0.05) is 12.1 Å². The third-order valence-corrected chi connectivity index (χ3v) is 3.90. The minimum Gasteiger partial charge on any atom is -0.362 e. The number of benzene rings is 1. The van der Waals surface area contributed by atoms with Gasteiger partial charge in [-0.15, -0.1) is 0 Å². The molecule has 106 valence electrons. The summed E-state index contributed by atoms with van der Waals surface area (Å²) >= 11 is 5.16. The predicted molar refractivity (Wildman–Crippen MR) is 85.6 cm³/mol. The fourth-order valence-corrected chi connectivity index (χ4v) is 2.60. The average molecular weight is 288 g/mol. The van der Waals surface area contributed by atoms with Crippen molar-refractivity contribution in [2.24, 2.45) is 5.92 Å². The van der Waals surface area contributed by atoms with Crippen molar-refractivity contribution in [3.8, 4) is 0 Å². The van der Waals surface area contributed by atoms with Crippen LogP contribution in [0.1, 0.15) is 36.0 Å². The number of thiocarbonyl (C=S) groups is 1. The second-order valence-electron chi connectivity index (χ2n) is 5.13. The summed E-state index contributed by atoms with van der Waals surface area (Å²) in [5, 5.41) is 6.21. The van der Waals surface area contributed by atoms with Crippen LogP contribution in [-0.2, 0) is 0 Å². The van der Waals surface area contributed by atoms with E-state index in [2.05, 4.69) is 17.2 Å². The number of rotatable bonds is 3. The van der Waals surface area contributed by atoms with E-state index in [0.29, 0.717) is 16.6 Å². The number of hydrogen-bond acceptors (Lipinski definition) is 2. The Balaban J connectivity index is 1.78. The zero-order chi connectivity index (χ0) is 14.4. The average Bonchev–Trinajstić information content (AvgIpc) is 2.47. The van der Waals surface area contributed by atoms with Crippen LogP contribution in [-0.4, -0.2) is 17.6 Å². The lowest BCUT2D eigenvalue weighted by molar-refractivity contribution is 0.0976. The molecule has 3 nitrogen and oxygen atoms in total. The Hall–Kier alpha value is -1.68. The first-order valence-corrected chi connectivity index (χ1v) is 7.39. The maximum atomic E-state index is 11.9. The molecule has 0 saturated heterocycles. The predicted octanol–water partition coefficient (Wildman–Crippen LogP) is 3.04. The quantitative estimate of drug-likeness (QED) is 0.663. The van der Waals surface area contributed by atoms with Crippen molar-refractivity contribution in [2.75, 3.05) is 6.54 Å². The van der Waals surface area contributed by atoms with E-state index in [1.807, 2.05) is 18.2 Å². The van der Waals surface area contributed by atoms with E-state index in [4.69, 9.17) is 12.2 Å². The van der Waals surface area contributed by atoms with Gasteiger partial charge in [0.25, 0.3) is 5.91 Å². The van der Waals surface area contributed by atoms with Gasteiger partial charge in [-0.3, -0.25) is 10.1 Å². The molecule has 0 spiro atoms. The van der Waals surface area contributed by atoms with Crippen LogP contribution in [0.25, 0.3) is 0 Å². The van der Waals surface area contributed by atoms with E-state index in [1.165, 1.54) is 18.4 Å². The first kappa shape index (κ1) is 14.7. The van der Waals surface area contributed by atoms with Gasteiger partial charge < -0.3 is 5.32 Å². The maximum absolute atomic E-state index is 11.9. The van der Waals surface area contributed by atoms with Crippen molar-refractivity contribution in [3.05, 3.63) is 48.0 Å². The van der Waals surface area contributed by atoms with Crippen molar-refractivity contribution < 1.29 is 4.79 Å². The van der Waals surface area contributed by atoms with Crippen molar-refractivity contribution in [2.45, 2.75) is 25.7 Å². The van der Waals surface area contributed by atoms with Gasteiger partial charge >= 0.3 is 0 Å². The second-order valence-corrected chi connectivity index (χ2v) is 5.54. The van der Waals surface area contributed by atoms with Gasteiger partial charge in [0.2, 0.25) is 0 Å². The van der Waals surface area contributed by atoms with Gasteiger partial charge in [0.1, 0.15) is 0 Å². The van der Waals surface area contributed by atoms with E-state index in [9.17, 15) is 4.79 Å². The molecule has 0 aliphatic heterocycles. The Morgan fingerprint density at radius 2 is 2.05 bits per heavy atom.